The largest absolute Gasteiger partial charge is 0.476 e. The molecular weight excluding hydrogens is 244 g/mol. The molecule has 106 valence electrons. The van der Waals surface area contributed by atoms with Crippen LogP contribution in [0.15, 0.2) is 6.20 Å². The minimum absolute atomic E-state index is 0.0111. The number of rotatable bonds is 4. The van der Waals surface area contributed by atoms with Gasteiger partial charge >= 0.3 is 5.97 Å². The van der Waals surface area contributed by atoms with E-state index in [0.717, 1.165) is 19.6 Å². The van der Waals surface area contributed by atoms with Crippen LogP contribution in [0.2, 0.25) is 0 Å². The zero-order valence-corrected chi connectivity index (χ0v) is 11.7. The van der Waals surface area contributed by atoms with Crippen molar-refractivity contribution in [2.75, 3.05) is 19.6 Å². The van der Waals surface area contributed by atoms with Gasteiger partial charge in [0.05, 0.1) is 12.7 Å². The smallest absolute Gasteiger partial charge is 0.358 e. The van der Waals surface area contributed by atoms with Crippen LogP contribution < -0.4 is 0 Å². The van der Waals surface area contributed by atoms with Gasteiger partial charge in [-0.2, -0.15) is 0 Å². The Morgan fingerprint density at radius 3 is 2.84 bits per heavy atom. The zero-order chi connectivity index (χ0) is 13.9. The van der Waals surface area contributed by atoms with Crippen molar-refractivity contribution in [2.45, 2.75) is 39.7 Å². The van der Waals surface area contributed by atoms with Gasteiger partial charge in [-0.15, -0.1) is 5.10 Å². The van der Waals surface area contributed by atoms with Gasteiger partial charge in [0.1, 0.15) is 0 Å². The molecule has 1 fully saturated rings. The maximum atomic E-state index is 10.7. The van der Waals surface area contributed by atoms with Crippen LogP contribution in [0.3, 0.4) is 0 Å². The molecule has 1 aliphatic rings. The molecule has 0 aromatic carbocycles. The van der Waals surface area contributed by atoms with Crippen LogP contribution in [0.4, 0.5) is 0 Å². The second-order valence-electron chi connectivity index (χ2n) is 6.03. The van der Waals surface area contributed by atoms with Crippen LogP contribution in [0.1, 0.15) is 43.6 Å². The summed E-state index contributed by atoms with van der Waals surface area (Å²) >= 11 is 0. The second kappa shape index (κ2) is 5.69. The van der Waals surface area contributed by atoms with E-state index in [2.05, 4.69) is 29.1 Å². The highest BCUT2D eigenvalue weighted by Crippen LogP contribution is 2.29. The molecule has 0 radical (unpaired) electrons. The lowest BCUT2D eigenvalue weighted by Crippen LogP contribution is -2.29. The van der Waals surface area contributed by atoms with Crippen molar-refractivity contribution in [1.29, 1.82) is 0 Å². The van der Waals surface area contributed by atoms with E-state index in [1.54, 1.807) is 4.68 Å². The fourth-order valence-corrected chi connectivity index (χ4v) is 2.45. The summed E-state index contributed by atoms with van der Waals surface area (Å²) in [5, 5.41) is 16.2. The number of carboxylic acid groups (broad SMARTS) is 1. The van der Waals surface area contributed by atoms with Crippen LogP contribution in [-0.4, -0.2) is 50.6 Å². The van der Waals surface area contributed by atoms with E-state index in [4.69, 9.17) is 5.11 Å². The highest BCUT2D eigenvalue weighted by molar-refractivity contribution is 5.84. The molecule has 0 aliphatic carbocycles. The Bertz CT molecular complexity index is 442. The summed E-state index contributed by atoms with van der Waals surface area (Å²) in [4.78, 5) is 13.1. The van der Waals surface area contributed by atoms with E-state index in [9.17, 15) is 4.79 Å². The van der Waals surface area contributed by atoms with Gasteiger partial charge in [-0.3, -0.25) is 4.68 Å². The number of aromatic nitrogens is 3. The molecule has 2 rings (SSSR count). The van der Waals surface area contributed by atoms with Gasteiger partial charge in [0.2, 0.25) is 0 Å². The Labute approximate surface area is 113 Å². The first-order valence-electron chi connectivity index (χ1n) is 6.82. The lowest BCUT2D eigenvalue weighted by atomic mass is 9.85. The Morgan fingerprint density at radius 2 is 2.16 bits per heavy atom. The summed E-state index contributed by atoms with van der Waals surface area (Å²) in [6, 6.07) is 0. The Balaban J connectivity index is 1.83. The standard InChI is InChI=1S/C13H22N4O2/c1-13(2)4-3-6-16(7-5-13)8-9-17-10-11(12(18)19)14-15-17/h10H,3-9H2,1-2H3,(H,18,19). The average molecular weight is 266 g/mol. The summed E-state index contributed by atoms with van der Waals surface area (Å²) in [5.41, 5.74) is 0.454. The fourth-order valence-electron chi connectivity index (χ4n) is 2.45. The van der Waals surface area contributed by atoms with E-state index in [1.807, 2.05) is 0 Å². The SMILES string of the molecule is CC1(C)CCCN(CCn2cc(C(=O)O)nn2)CC1. The summed E-state index contributed by atoms with van der Waals surface area (Å²) in [6.45, 7) is 8.47. The van der Waals surface area contributed by atoms with Gasteiger partial charge in [-0.1, -0.05) is 19.1 Å². The van der Waals surface area contributed by atoms with Gasteiger partial charge in [-0.25, -0.2) is 4.79 Å². The molecule has 0 bridgehead atoms. The number of hydrogen-bond donors (Lipinski definition) is 1. The van der Waals surface area contributed by atoms with E-state index in [0.29, 0.717) is 12.0 Å². The molecule has 19 heavy (non-hydrogen) atoms. The van der Waals surface area contributed by atoms with Crippen molar-refractivity contribution in [3.63, 3.8) is 0 Å². The molecule has 0 spiro atoms. The summed E-state index contributed by atoms with van der Waals surface area (Å²) in [7, 11) is 0. The van der Waals surface area contributed by atoms with E-state index >= 15 is 0 Å². The van der Waals surface area contributed by atoms with E-state index in [1.165, 1.54) is 25.5 Å². The molecule has 0 unspecified atom stereocenters. The second-order valence-corrected chi connectivity index (χ2v) is 6.03. The number of aromatic carboxylic acids is 1. The molecule has 2 heterocycles. The summed E-state index contributed by atoms with van der Waals surface area (Å²) in [6.07, 6.45) is 5.20. The first kappa shape index (κ1) is 14.0. The summed E-state index contributed by atoms with van der Waals surface area (Å²) in [5.74, 6) is -1.03. The monoisotopic (exact) mass is 266 g/mol. The molecule has 1 aromatic rings. The molecule has 1 N–H and O–H groups in total. The van der Waals surface area contributed by atoms with Gasteiger partial charge < -0.3 is 10.0 Å². The summed E-state index contributed by atoms with van der Waals surface area (Å²) < 4.78 is 1.61. The molecule has 0 atom stereocenters. The number of carboxylic acids is 1. The highest BCUT2D eigenvalue weighted by atomic mass is 16.4. The van der Waals surface area contributed by atoms with Crippen molar-refractivity contribution in [3.05, 3.63) is 11.9 Å². The van der Waals surface area contributed by atoms with Crippen LogP contribution >= 0.6 is 0 Å². The van der Waals surface area contributed by atoms with Gasteiger partial charge in [0.15, 0.2) is 5.69 Å². The Hall–Kier alpha value is -1.43. The van der Waals surface area contributed by atoms with Gasteiger partial charge in [-0.05, 0) is 37.8 Å². The van der Waals surface area contributed by atoms with E-state index < -0.39 is 5.97 Å². The minimum Gasteiger partial charge on any atom is -0.476 e. The number of likely N-dealkylation sites (tertiary alicyclic amines) is 1. The van der Waals surface area contributed by atoms with Gasteiger partial charge in [0.25, 0.3) is 0 Å². The zero-order valence-electron chi connectivity index (χ0n) is 11.7. The Kier molecular flexibility index (Phi) is 4.19. The van der Waals surface area contributed by atoms with Crippen molar-refractivity contribution >= 4 is 5.97 Å². The fraction of sp³-hybridized carbons (Fsp3) is 0.769. The maximum Gasteiger partial charge on any atom is 0.358 e. The van der Waals surface area contributed by atoms with Crippen molar-refractivity contribution in [3.8, 4) is 0 Å². The lowest BCUT2D eigenvalue weighted by molar-refractivity contribution is 0.0690. The quantitative estimate of drug-likeness (QED) is 0.894. The third-order valence-electron chi connectivity index (χ3n) is 3.84. The molecule has 0 saturated carbocycles. The van der Waals surface area contributed by atoms with Crippen LogP contribution in [-0.2, 0) is 6.54 Å². The first-order chi connectivity index (χ1) is 8.96. The molecular formula is C13H22N4O2. The molecule has 6 nitrogen and oxygen atoms in total. The predicted octanol–water partition coefficient (Wildman–Crippen LogP) is 1.49. The molecule has 1 aliphatic heterocycles. The van der Waals surface area contributed by atoms with E-state index in [-0.39, 0.29) is 5.69 Å². The van der Waals surface area contributed by atoms with Crippen molar-refractivity contribution < 1.29 is 9.90 Å². The number of carbonyl (C=O) groups is 1. The predicted molar refractivity (Wildman–Crippen MR) is 71.1 cm³/mol. The topological polar surface area (TPSA) is 71.2 Å². The van der Waals surface area contributed by atoms with Crippen molar-refractivity contribution in [1.82, 2.24) is 19.9 Å². The lowest BCUT2D eigenvalue weighted by Gasteiger charge is -2.23. The van der Waals surface area contributed by atoms with Crippen LogP contribution in [0, 0.1) is 5.41 Å². The molecule has 0 amide bonds. The third-order valence-corrected chi connectivity index (χ3v) is 3.84. The first-order valence-corrected chi connectivity index (χ1v) is 6.82. The van der Waals surface area contributed by atoms with Gasteiger partial charge in [0, 0.05) is 6.54 Å². The normalized spacial score (nSPS) is 20.1. The van der Waals surface area contributed by atoms with Crippen LogP contribution in [0.5, 0.6) is 0 Å². The van der Waals surface area contributed by atoms with Crippen LogP contribution in [0.25, 0.3) is 0 Å². The Morgan fingerprint density at radius 1 is 1.37 bits per heavy atom. The highest BCUT2D eigenvalue weighted by Gasteiger charge is 2.22. The average Bonchev–Trinajstić information content (AvgIpc) is 2.74. The molecule has 1 aromatic heterocycles. The number of hydrogen-bond acceptors (Lipinski definition) is 4. The molecule has 1 saturated heterocycles. The minimum atomic E-state index is -1.03. The number of nitrogens with zero attached hydrogens (tertiary/aromatic N) is 4. The maximum absolute atomic E-state index is 10.7. The third kappa shape index (κ3) is 4.02. The molecule has 6 heteroatoms. The van der Waals surface area contributed by atoms with Crippen molar-refractivity contribution in [2.24, 2.45) is 5.41 Å².